The molecule has 0 radical (unpaired) electrons. The van der Waals surface area contributed by atoms with Crippen LogP contribution in [0.25, 0.3) is 10.9 Å². The monoisotopic (exact) mass is 439 g/mol. The number of amides is 2. The maximum atomic E-state index is 13.3. The van der Waals surface area contributed by atoms with Crippen LogP contribution in [0, 0.1) is 0 Å². The zero-order chi connectivity index (χ0) is 23.2. The first-order chi connectivity index (χ1) is 16.0. The molecule has 5 heteroatoms. The summed E-state index contributed by atoms with van der Waals surface area (Å²) in [5, 5.41) is 4.16. The van der Waals surface area contributed by atoms with Crippen molar-refractivity contribution in [3.63, 3.8) is 0 Å². The quantitative estimate of drug-likeness (QED) is 0.439. The zero-order valence-corrected chi connectivity index (χ0v) is 19.1. The van der Waals surface area contributed by atoms with Crippen LogP contribution >= 0.6 is 0 Å². The number of carbonyl (C=O) groups excluding carboxylic acids is 2. The van der Waals surface area contributed by atoms with Crippen LogP contribution in [0.3, 0.4) is 0 Å². The molecule has 4 aromatic rings. The van der Waals surface area contributed by atoms with Gasteiger partial charge in [0.15, 0.2) is 0 Å². The molecule has 1 aromatic heterocycles. The maximum Gasteiger partial charge on any atom is 0.249 e. The molecule has 0 spiro atoms. The molecule has 0 aliphatic rings. The van der Waals surface area contributed by atoms with Gasteiger partial charge in [-0.3, -0.25) is 9.59 Å². The Balaban J connectivity index is 1.48. The van der Waals surface area contributed by atoms with Crippen molar-refractivity contribution in [2.45, 2.75) is 25.3 Å². The number of hydrogen-bond acceptors (Lipinski definition) is 2. The Kier molecular flexibility index (Phi) is 6.89. The minimum absolute atomic E-state index is 0.126. The molecule has 3 aromatic carbocycles. The van der Waals surface area contributed by atoms with E-state index in [-0.39, 0.29) is 11.8 Å². The van der Waals surface area contributed by atoms with E-state index >= 15 is 0 Å². The molecule has 0 bridgehead atoms. The van der Waals surface area contributed by atoms with E-state index in [0.717, 1.165) is 27.7 Å². The minimum Gasteiger partial charge on any atom is -0.350 e. The summed E-state index contributed by atoms with van der Waals surface area (Å²) in [7, 11) is 3.76. The standard InChI is InChI=1S/C28H29N3O2/c1-30-20-22(24-15-9-10-16-26(24)30)17-18-27(32)29-25(19-21-11-5-3-6-12-21)28(33)31(2)23-13-7-4-8-14-23/h3-16,20,25H,17-19H2,1-2H3,(H,29,32)/t25-/m0/s1. The first-order valence-corrected chi connectivity index (χ1v) is 11.2. The molecule has 0 aliphatic carbocycles. The Morgan fingerprint density at radius 2 is 1.55 bits per heavy atom. The number of fused-ring (bicyclic) bond motifs is 1. The van der Waals surface area contributed by atoms with Gasteiger partial charge in [-0.15, -0.1) is 0 Å². The summed E-state index contributed by atoms with van der Waals surface area (Å²) in [6.07, 6.45) is 3.46. The van der Waals surface area contributed by atoms with Gasteiger partial charge in [0.1, 0.15) is 6.04 Å². The van der Waals surface area contributed by atoms with Gasteiger partial charge in [-0.05, 0) is 35.7 Å². The first-order valence-electron chi connectivity index (χ1n) is 11.2. The van der Waals surface area contributed by atoms with Gasteiger partial charge in [-0.1, -0.05) is 66.7 Å². The van der Waals surface area contributed by atoms with Gasteiger partial charge in [0.05, 0.1) is 0 Å². The molecule has 0 fully saturated rings. The summed E-state index contributed by atoms with van der Waals surface area (Å²) in [5.74, 6) is -0.262. The number of hydrogen-bond donors (Lipinski definition) is 1. The summed E-state index contributed by atoms with van der Waals surface area (Å²) in [6, 6.07) is 26.8. The highest BCUT2D eigenvalue weighted by Gasteiger charge is 2.25. The average Bonchev–Trinajstić information content (AvgIpc) is 3.18. The SMILES string of the molecule is CN(C(=O)[C@H](Cc1ccccc1)NC(=O)CCc1cn(C)c2ccccc12)c1ccccc1. The van der Waals surface area contributed by atoms with E-state index in [1.807, 2.05) is 79.8 Å². The molecule has 0 aliphatic heterocycles. The van der Waals surface area contributed by atoms with Crippen molar-refractivity contribution in [1.82, 2.24) is 9.88 Å². The Hall–Kier alpha value is -3.86. The number of likely N-dealkylation sites (N-methyl/N-ethyl adjacent to an activating group) is 1. The maximum absolute atomic E-state index is 13.3. The van der Waals surface area contributed by atoms with Crippen LogP contribution in [-0.4, -0.2) is 29.5 Å². The van der Waals surface area contributed by atoms with Gasteiger partial charge in [0.2, 0.25) is 11.8 Å². The fourth-order valence-corrected chi connectivity index (χ4v) is 4.20. The van der Waals surface area contributed by atoms with Gasteiger partial charge in [0.25, 0.3) is 0 Å². The fraction of sp³-hybridized carbons (Fsp3) is 0.214. The van der Waals surface area contributed by atoms with E-state index in [2.05, 4.69) is 28.2 Å². The average molecular weight is 440 g/mol. The number of aromatic nitrogens is 1. The predicted octanol–water partition coefficient (Wildman–Crippen LogP) is 4.50. The van der Waals surface area contributed by atoms with Crippen molar-refractivity contribution >= 4 is 28.4 Å². The number of nitrogens with zero attached hydrogens (tertiary/aromatic N) is 2. The third-order valence-electron chi connectivity index (χ3n) is 5.99. The molecule has 4 rings (SSSR count). The number of rotatable bonds is 8. The normalized spacial score (nSPS) is 11.8. The van der Waals surface area contributed by atoms with Crippen LogP contribution in [0.1, 0.15) is 17.5 Å². The molecule has 1 atom stereocenters. The highest BCUT2D eigenvalue weighted by Crippen LogP contribution is 2.21. The van der Waals surface area contributed by atoms with Crippen LogP contribution < -0.4 is 10.2 Å². The second kappa shape index (κ2) is 10.2. The van der Waals surface area contributed by atoms with Crippen LogP contribution in [0.2, 0.25) is 0 Å². The molecule has 0 saturated carbocycles. The van der Waals surface area contributed by atoms with E-state index in [9.17, 15) is 9.59 Å². The van der Waals surface area contributed by atoms with E-state index in [4.69, 9.17) is 0 Å². The van der Waals surface area contributed by atoms with Gasteiger partial charge >= 0.3 is 0 Å². The van der Waals surface area contributed by atoms with Crippen LogP contribution in [-0.2, 0) is 29.5 Å². The van der Waals surface area contributed by atoms with Crippen LogP contribution in [0.5, 0.6) is 0 Å². The molecule has 1 heterocycles. The number of para-hydroxylation sites is 2. The third kappa shape index (κ3) is 5.32. The summed E-state index contributed by atoms with van der Waals surface area (Å²) in [6.45, 7) is 0. The topological polar surface area (TPSA) is 54.3 Å². The van der Waals surface area contributed by atoms with E-state index in [1.54, 1.807) is 11.9 Å². The lowest BCUT2D eigenvalue weighted by molar-refractivity contribution is -0.127. The highest BCUT2D eigenvalue weighted by molar-refractivity contribution is 5.99. The second-order valence-electron chi connectivity index (χ2n) is 8.33. The molecule has 168 valence electrons. The number of benzene rings is 3. The van der Waals surface area contributed by atoms with Crippen molar-refractivity contribution in [1.29, 1.82) is 0 Å². The van der Waals surface area contributed by atoms with Crippen LogP contribution in [0.4, 0.5) is 5.69 Å². The molecule has 33 heavy (non-hydrogen) atoms. The summed E-state index contributed by atoms with van der Waals surface area (Å²) < 4.78 is 2.08. The summed E-state index contributed by atoms with van der Waals surface area (Å²) >= 11 is 0. The predicted molar refractivity (Wildman–Crippen MR) is 133 cm³/mol. The number of nitrogens with one attached hydrogen (secondary N) is 1. The van der Waals surface area contributed by atoms with Gasteiger partial charge in [-0.25, -0.2) is 0 Å². The molecule has 5 nitrogen and oxygen atoms in total. The first kappa shape index (κ1) is 22.3. The molecular weight excluding hydrogens is 410 g/mol. The second-order valence-corrected chi connectivity index (χ2v) is 8.33. The van der Waals surface area contributed by atoms with Crippen molar-refractivity contribution < 1.29 is 9.59 Å². The van der Waals surface area contributed by atoms with Crippen molar-refractivity contribution in [3.8, 4) is 0 Å². The third-order valence-corrected chi connectivity index (χ3v) is 5.99. The Morgan fingerprint density at radius 1 is 0.909 bits per heavy atom. The summed E-state index contributed by atoms with van der Waals surface area (Å²) in [4.78, 5) is 27.9. The fourth-order valence-electron chi connectivity index (χ4n) is 4.20. The van der Waals surface area contributed by atoms with Crippen molar-refractivity contribution in [3.05, 3.63) is 102 Å². The molecular formula is C28H29N3O2. The number of carbonyl (C=O) groups is 2. The Labute approximate surface area is 194 Å². The van der Waals surface area contributed by atoms with Gasteiger partial charge in [-0.2, -0.15) is 0 Å². The Morgan fingerprint density at radius 3 is 2.27 bits per heavy atom. The van der Waals surface area contributed by atoms with E-state index < -0.39 is 6.04 Å². The lowest BCUT2D eigenvalue weighted by Crippen LogP contribution is -2.48. The van der Waals surface area contributed by atoms with Gasteiger partial charge < -0.3 is 14.8 Å². The van der Waals surface area contributed by atoms with Crippen LogP contribution in [0.15, 0.2) is 91.1 Å². The zero-order valence-electron chi connectivity index (χ0n) is 19.1. The molecule has 0 unspecified atom stereocenters. The Bertz CT molecular complexity index is 1230. The summed E-state index contributed by atoms with van der Waals surface area (Å²) in [5.41, 5.74) is 4.09. The van der Waals surface area contributed by atoms with Crippen molar-refractivity contribution in [2.24, 2.45) is 7.05 Å². The lowest BCUT2D eigenvalue weighted by atomic mass is 10.0. The molecule has 1 N–H and O–H groups in total. The van der Waals surface area contributed by atoms with Crippen molar-refractivity contribution in [2.75, 3.05) is 11.9 Å². The largest absolute Gasteiger partial charge is 0.350 e. The highest BCUT2D eigenvalue weighted by atomic mass is 16.2. The minimum atomic E-state index is -0.641. The molecule has 0 saturated heterocycles. The van der Waals surface area contributed by atoms with E-state index in [0.29, 0.717) is 19.3 Å². The van der Waals surface area contributed by atoms with E-state index in [1.165, 1.54) is 0 Å². The number of aryl methyl sites for hydroxylation is 2. The smallest absolute Gasteiger partial charge is 0.249 e. The van der Waals surface area contributed by atoms with Gasteiger partial charge in [0, 0.05) is 49.7 Å². The molecule has 2 amide bonds. The number of anilines is 1. The lowest BCUT2D eigenvalue weighted by Gasteiger charge is -2.25.